The molecule has 0 bridgehead atoms. The van der Waals surface area contributed by atoms with Gasteiger partial charge in [-0.1, -0.05) is 88.3 Å². The van der Waals surface area contributed by atoms with E-state index in [0.717, 1.165) is 63.5 Å². The predicted octanol–water partition coefficient (Wildman–Crippen LogP) is 9.96. The molecule has 1 aromatic carbocycles. The molecule has 0 radical (unpaired) electrons. The maximum atomic E-state index is 12.8. The van der Waals surface area contributed by atoms with Crippen LogP contribution in [0.25, 0.3) is 5.69 Å². The van der Waals surface area contributed by atoms with Crippen LogP contribution in [0.1, 0.15) is 145 Å². The van der Waals surface area contributed by atoms with Crippen LogP contribution in [-0.4, -0.2) is 37.5 Å². The van der Waals surface area contributed by atoms with Gasteiger partial charge in [0.1, 0.15) is 18.1 Å². The molecule has 4 atom stereocenters. The smallest absolute Gasteiger partial charge is 0.333 e. The van der Waals surface area contributed by atoms with Crippen molar-refractivity contribution < 1.29 is 19.4 Å². The van der Waals surface area contributed by atoms with Gasteiger partial charge >= 0.3 is 5.97 Å². The third-order valence-corrected chi connectivity index (χ3v) is 11.9. The van der Waals surface area contributed by atoms with E-state index in [2.05, 4.69) is 90.0 Å². The van der Waals surface area contributed by atoms with Gasteiger partial charge in [0.05, 0.1) is 17.5 Å². The van der Waals surface area contributed by atoms with Gasteiger partial charge in [-0.3, -0.25) is 4.79 Å². The molecule has 2 aliphatic carbocycles. The maximum absolute atomic E-state index is 12.8. The fraction of sp³-hybridized carbons (Fsp3) is 0.628. The fourth-order valence-corrected chi connectivity index (χ4v) is 8.67. The van der Waals surface area contributed by atoms with E-state index < -0.39 is 5.60 Å². The van der Waals surface area contributed by atoms with E-state index in [0.29, 0.717) is 29.4 Å². The predicted molar refractivity (Wildman–Crippen MR) is 202 cm³/mol. The lowest BCUT2D eigenvalue weighted by molar-refractivity contribution is -0.177. The van der Waals surface area contributed by atoms with E-state index in [-0.39, 0.29) is 34.7 Å². The molecule has 7 nitrogen and oxygen atoms in total. The second-order valence-electron chi connectivity index (χ2n) is 17.3. The minimum atomic E-state index is -0.686. The number of benzene rings is 1. The molecule has 7 heteroatoms. The quantitative estimate of drug-likeness (QED) is 0.128. The zero-order chi connectivity index (χ0) is 36.9. The molecule has 4 rings (SSSR count). The minimum absolute atomic E-state index is 0.00836. The summed E-state index contributed by atoms with van der Waals surface area (Å²) in [4.78, 5) is 25.4. The lowest BCUT2D eigenvalue weighted by Crippen LogP contribution is -2.59. The molecule has 50 heavy (non-hydrogen) atoms. The molecular formula is C43H63N3O4. The standard InChI is InChI=1S/C43H63N3O4/c1-30(14-11-15-31(2)17-13-19-37-42(9)26-25-38(47)41(7,8)36(42)24-27-43(37,10)49)16-12-18-32(3)39(48)50-29-34-28-46(45-44-34)35-22-20-33(21-23-35)40(4,5)6/h14,17-18,20-23,28,36-37,49H,11-13,15-16,19,24-27,29H2,1-10H3/b30-14+,31-17+,32-18+/t36-,37-,42+,43-/m1/s1. The lowest BCUT2D eigenvalue weighted by atomic mass is 9.45. The van der Waals surface area contributed by atoms with Crippen molar-refractivity contribution in [2.45, 2.75) is 151 Å². The third-order valence-electron chi connectivity index (χ3n) is 11.9. The topological polar surface area (TPSA) is 94.3 Å². The number of Topliss-reactive ketones (excluding diaryl/α,β-unsaturated/α-hetero) is 1. The molecule has 2 fully saturated rings. The number of fused-ring (bicyclic) bond motifs is 1. The first kappa shape index (κ1) is 39.5. The zero-order valence-electron chi connectivity index (χ0n) is 32.6. The van der Waals surface area contributed by atoms with Crippen LogP contribution in [0, 0.1) is 22.7 Å². The summed E-state index contributed by atoms with van der Waals surface area (Å²) in [5, 5.41) is 19.8. The Balaban J connectivity index is 1.18. The molecule has 1 aromatic heterocycles. The Morgan fingerprint density at radius 3 is 2.22 bits per heavy atom. The van der Waals surface area contributed by atoms with Crippen molar-refractivity contribution in [3.63, 3.8) is 0 Å². The van der Waals surface area contributed by atoms with E-state index in [4.69, 9.17) is 4.74 Å². The highest BCUT2D eigenvalue weighted by Gasteiger charge is 2.59. The summed E-state index contributed by atoms with van der Waals surface area (Å²) in [6, 6.07) is 8.25. The van der Waals surface area contributed by atoms with Crippen molar-refractivity contribution in [3.8, 4) is 5.69 Å². The van der Waals surface area contributed by atoms with Crippen LogP contribution in [0.5, 0.6) is 0 Å². The Labute approximate surface area is 301 Å². The molecule has 1 N–H and O–H groups in total. The van der Waals surface area contributed by atoms with E-state index >= 15 is 0 Å². The number of hydrogen-bond donors (Lipinski definition) is 1. The van der Waals surface area contributed by atoms with Crippen molar-refractivity contribution >= 4 is 11.8 Å². The Hall–Kier alpha value is -3.32. The monoisotopic (exact) mass is 685 g/mol. The number of allylic oxidation sites excluding steroid dienone is 5. The Morgan fingerprint density at radius 2 is 1.58 bits per heavy atom. The normalized spacial score (nSPS) is 26.1. The van der Waals surface area contributed by atoms with Crippen LogP contribution in [0.3, 0.4) is 0 Å². The molecule has 0 aliphatic heterocycles. The van der Waals surface area contributed by atoms with Crippen LogP contribution >= 0.6 is 0 Å². The van der Waals surface area contributed by atoms with Gasteiger partial charge in [0.2, 0.25) is 0 Å². The Kier molecular flexibility index (Phi) is 12.6. The summed E-state index contributed by atoms with van der Waals surface area (Å²) < 4.78 is 7.21. The molecule has 2 aliphatic rings. The summed E-state index contributed by atoms with van der Waals surface area (Å²) >= 11 is 0. The van der Waals surface area contributed by atoms with Gasteiger partial charge in [-0.05, 0) is 126 Å². The molecule has 0 spiro atoms. The van der Waals surface area contributed by atoms with E-state index in [1.807, 2.05) is 25.1 Å². The highest BCUT2D eigenvalue weighted by atomic mass is 16.5. The SMILES string of the molecule is C/C(=C\CC/C(C)=C/CC[C@@H]1[C@@]2(C)CCC(=O)C(C)(C)[C@H]2CC[C@@]1(C)O)CC/C=C(\C)C(=O)OCc1cn(-c2ccc(C(C)(C)C)cc2)nn1. The van der Waals surface area contributed by atoms with Gasteiger partial charge in [0, 0.05) is 17.4 Å². The van der Waals surface area contributed by atoms with E-state index in [1.54, 1.807) is 17.8 Å². The summed E-state index contributed by atoms with van der Waals surface area (Å²) in [6.45, 7) is 21.4. The Bertz CT molecular complexity index is 1580. The molecule has 1 heterocycles. The van der Waals surface area contributed by atoms with Crippen LogP contribution in [0.15, 0.2) is 65.4 Å². The van der Waals surface area contributed by atoms with Crippen molar-refractivity contribution in [1.29, 1.82) is 0 Å². The number of esters is 1. The number of nitrogens with zero attached hydrogens (tertiary/aromatic N) is 3. The first-order valence-electron chi connectivity index (χ1n) is 18.8. The largest absolute Gasteiger partial charge is 0.456 e. The molecular weight excluding hydrogens is 622 g/mol. The van der Waals surface area contributed by atoms with Crippen molar-refractivity contribution in [3.05, 3.63) is 76.7 Å². The molecule has 0 saturated heterocycles. The number of hydrogen-bond acceptors (Lipinski definition) is 6. The van der Waals surface area contributed by atoms with Gasteiger partial charge in [-0.15, -0.1) is 5.10 Å². The summed E-state index contributed by atoms with van der Waals surface area (Å²) in [5.74, 6) is 0.579. The number of ether oxygens (including phenoxy) is 1. The summed E-state index contributed by atoms with van der Waals surface area (Å²) in [7, 11) is 0. The van der Waals surface area contributed by atoms with Gasteiger partial charge in [0.15, 0.2) is 0 Å². The zero-order valence-corrected chi connectivity index (χ0v) is 32.6. The van der Waals surface area contributed by atoms with Crippen molar-refractivity contribution in [2.24, 2.45) is 22.7 Å². The van der Waals surface area contributed by atoms with E-state index in [1.165, 1.54) is 16.7 Å². The number of carbonyl (C=O) groups excluding carboxylic acids is 2. The minimum Gasteiger partial charge on any atom is -0.456 e. The molecule has 0 amide bonds. The van der Waals surface area contributed by atoms with Crippen molar-refractivity contribution in [1.82, 2.24) is 15.0 Å². The number of carbonyl (C=O) groups is 2. The number of rotatable bonds is 13. The average molecular weight is 686 g/mol. The number of ketones is 1. The van der Waals surface area contributed by atoms with Crippen LogP contribution < -0.4 is 0 Å². The van der Waals surface area contributed by atoms with E-state index in [9.17, 15) is 14.7 Å². The number of aliphatic hydroxyl groups is 1. The molecule has 2 saturated carbocycles. The van der Waals surface area contributed by atoms with Crippen LogP contribution in [0.2, 0.25) is 0 Å². The van der Waals surface area contributed by atoms with Crippen LogP contribution in [0.4, 0.5) is 0 Å². The Morgan fingerprint density at radius 1 is 0.960 bits per heavy atom. The van der Waals surface area contributed by atoms with Crippen LogP contribution in [-0.2, 0) is 26.3 Å². The third kappa shape index (κ3) is 9.51. The molecule has 274 valence electrons. The van der Waals surface area contributed by atoms with Gasteiger partial charge in [-0.2, -0.15) is 0 Å². The summed E-state index contributed by atoms with van der Waals surface area (Å²) in [5.41, 5.74) is 5.14. The number of aromatic nitrogens is 3. The average Bonchev–Trinajstić information content (AvgIpc) is 3.52. The molecule has 0 unspecified atom stereocenters. The summed E-state index contributed by atoms with van der Waals surface area (Å²) in [6.07, 6.45) is 17.2. The van der Waals surface area contributed by atoms with Gasteiger partial charge in [-0.25, -0.2) is 9.48 Å². The second-order valence-corrected chi connectivity index (χ2v) is 17.3. The first-order valence-corrected chi connectivity index (χ1v) is 18.8. The molecule has 2 aromatic rings. The first-order chi connectivity index (χ1) is 23.3. The fourth-order valence-electron chi connectivity index (χ4n) is 8.67. The lowest BCUT2D eigenvalue weighted by Gasteiger charge is -2.60. The second kappa shape index (κ2) is 15.9. The highest BCUT2D eigenvalue weighted by Crippen LogP contribution is 2.62. The highest BCUT2D eigenvalue weighted by molar-refractivity contribution is 5.87. The van der Waals surface area contributed by atoms with Gasteiger partial charge < -0.3 is 9.84 Å². The van der Waals surface area contributed by atoms with Crippen molar-refractivity contribution in [2.75, 3.05) is 0 Å². The maximum Gasteiger partial charge on any atom is 0.333 e. The van der Waals surface area contributed by atoms with Gasteiger partial charge in [0.25, 0.3) is 0 Å².